The van der Waals surface area contributed by atoms with Gasteiger partial charge in [-0.05, 0) is 25.0 Å². The summed E-state index contributed by atoms with van der Waals surface area (Å²) in [7, 11) is 0. The highest BCUT2D eigenvalue weighted by Gasteiger charge is 1.96. The largest absolute Gasteiger partial charge is 0.296 e. The van der Waals surface area contributed by atoms with Crippen LogP contribution in [0, 0.1) is 0 Å². The van der Waals surface area contributed by atoms with E-state index in [-0.39, 0.29) is 0 Å². The van der Waals surface area contributed by atoms with Gasteiger partial charge in [0.05, 0.1) is 5.69 Å². The summed E-state index contributed by atoms with van der Waals surface area (Å²) in [6.07, 6.45) is 3.61. The Labute approximate surface area is 90.2 Å². The van der Waals surface area contributed by atoms with Crippen LogP contribution in [0.1, 0.15) is 26.2 Å². The van der Waals surface area contributed by atoms with Crippen LogP contribution in [0.4, 0.5) is 5.69 Å². The minimum Gasteiger partial charge on any atom is -0.296 e. The molecular weight excluding hydrogens is 188 g/mol. The Kier molecular flexibility index (Phi) is 5.15. The third-order valence-corrected chi connectivity index (χ3v) is 2.02. The van der Waals surface area contributed by atoms with Crippen molar-refractivity contribution < 1.29 is 4.79 Å². The molecule has 1 N–H and O–H groups in total. The molecule has 0 heterocycles. The first-order valence-corrected chi connectivity index (χ1v) is 5.19. The summed E-state index contributed by atoms with van der Waals surface area (Å²) in [6, 6.07) is 9.60. The predicted molar refractivity (Wildman–Crippen MR) is 63.1 cm³/mol. The fourth-order valence-electron chi connectivity index (χ4n) is 1.15. The molecule has 3 nitrogen and oxygen atoms in total. The van der Waals surface area contributed by atoms with E-state index in [2.05, 4.69) is 17.5 Å². The number of hydrogen-bond acceptors (Lipinski definition) is 3. The lowest BCUT2D eigenvalue weighted by Gasteiger charge is -2.01. The van der Waals surface area contributed by atoms with E-state index in [0.29, 0.717) is 5.71 Å². The zero-order valence-corrected chi connectivity index (χ0v) is 8.94. The average molecular weight is 204 g/mol. The summed E-state index contributed by atoms with van der Waals surface area (Å²) in [4.78, 5) is 10.7. The van der Waals surface area contributed by atoms with E-state index < -0.39 is 0 Å². The number of hydrogen-bond donors (Lipinski definition) is 1. The topological polar surface area (TPSA) is 41.5 Å². The molecule has 15 heavy (non-hydrogen) atoms. The molecule has 0 saturated heterocycles. The molecule has 0 amide bonds. The third-order valence-electron chi connectivity index (χ3n) is 2.02. The molecule has 0 saturated carbocycles. The standard InChI is InChI=1S/C12H16N2O/c1-2-3-7-12(10-15)14-13-11-8-5-4-6-9-11/h4-6,8-10,13H,2-3,7H2,1H3. The van der Waals surface area contributed by atoms with Gasteiger partial charge in [-0.1, -0.05) is 31.5 Å². The van der Waals surface area contributed by atoms with Gasteiger partial charge in [-0.2, -0.15) is 5.10 Å². The van der Waals surface area contributed by atoms with Crippen molar-refractivity contribution in [2.45, 2.75) is 26.2 Å². The molecule has 3 heteroatoms. The van der Waals surface area contributed by atoms with Gasteiger partial charge in [-0.25, -0.2) is 0 Å². The van der Waals surface area contributed by atoms with Gasteiger partial charge in [0.15, 0.2) is 6.29 Å². The summed E-state index contributed by atoms with van der Waals surface area (Å²) in [5, 5.41) is 4.05. The van der Waals surface area contributed by atoms with E-state index in [1.54, 1.807) is 0 Å². The molecule has 0 bridgehead atoms. The molecule has 1 rings (SSSR count). The Hall–Kier alpha value is -1.64. The molecule has 0 aliphatic carbocycles. The van der Waals surface area contributed by atoms with Crippen LogP contribution < -0.4 is 5.43 Å². The maximum Gasteiger partial charge on any atom is 0.166 e. The molecule has 0 unspecified atom stereocenters. The van der Waals surface area contributed by atoms with Gasteiger partial charge in [0, 0.05) is 0 Å². The lowest BCUT2D eigenvalue weighted by Crippen LogP contribution is -2.03. The maximum absolute atomic E-state index is 10.7. The van der Waals surface area contributed by atoms with E-state index in [1.165, 1.54) is 0 Å². The molecule has 0 aliphatic heterocycles. The van der Waals surface area contributed by atoms with Crippen molar-refractivity contribution in [1.82, 2.24) is 0 Å². The summed E-state index contributed by atoms with van der Waals surface area (Å²) in [5.41, 5.74) is 4.33. The van der Waals surface area contributed by atoms with E-state index in [1.807, 2.05) is 30.3 Å². The number of unbranched alkanes of at least 4 members (excludes halogenated alkanes) is 1. The summed E-state index contributed by atoms with van der Waals surface area (Å²) < 4.78 is 0. The first-order chi connectivity index (χ1) is 7.36. The van der Waals surface area contributed by atoms with Crippen molar-refractivity contribution in [1.29, 1.82) is 0 Å². The molecule has 0 aromatic heterocycles. The van der Waals surface area contributed by atoms with Crippen LogP contribution in [-0.4, -0.2) is 12.0 Å². The number of rotatable bonds is 6. The van der Waals surface area contributed by atoms with Crippen molar-refractivity contribution in [2.24, 2.45) is 5.10 Å². The summed E-state index contributed by atoms with van der Waals surface area (Å²) in [5.74, 6) is 0. The first kappa shape index (κ1) is 11.4. The van der Waals surface area contributed by atoms with Crippen molar-refractivity contribution in [3.8, 4) is 0 Å². The number of anilines is 1. The van der Waals surface area contributed by atoms with Crippen molar-refractivity contribution in [3.63, 3.8) is 0 Å². The zero-order valence-electron chi connectivity index (χ0n) is 8.94. The highest BCUT2D eigenvalue weighted by Crippen LogP contribution is 2.05. The Morgan fingerprint density at radius 3 is 2.73 bits per heavy atom. The molecule has 80 valence electrons. The second kappa shape index (κ2) is 6.76. The van der Waals surface area contributed by atoms with Crippen LogP contribution in [0.15, 0.2) is 35.4 Å². The fraction of sp³-hybridized carbons (Fsp3) is 0.333. The molecule has 0 spiro atoms. The van der Waals surface area contributed by atoms with Crippen molar-refractivity contribution >= 4 is 17.7 Å². The van der Waals surface area contributed by atoms with Crippen LogP contribution in [0.2, 0.25) is 0 Å². The molecular formula is C12H16N2O. The number of aldehydes is 1. The predicted octanol–water partition coefficient (Wildman–Crippen LogP) is 2.84. The molecule has 0 radical (unpaired) electrons. The Balaban J connectivity index is 2.50. The van der Waals surface area contributed by atoms with E-state index >= 15 is 0 Å². The minimum atomic E-state index is 0.570. The van der Waals surface area contributed by atoms with Crippen LogP contribution in [0.25, 0.3) is 0 Å². The van der Waals surface area contributed by atoms with Crippen molar-refractivity contribution in [2.75, 3.05) is 5.43 Å². The van der Waals surface area contributed by atoms with Crippen molar-refractivity contribution in [3.05, 3.63) is 30.3 Å². The van der Waals surface area contributed by atoms with E-state index in [4.69, 9.17) is 0 Å². The highest BCUT2D eigenvalue weighted by molar-refractivity contribution is 6.28. The molecule has 0 atom stereocenters. The van der Waals surface area contributed by atoms with Gasteiger partial charge in [-0.15, -0.1) is 0 Å². The SMILES string of the molecule is CCCCC(C=O)=NNc1ccccc1. The normalized spacial score (nSPS) is 11.1. The maximum atomic E-state index is 10.7. The quantitative estimate of drug-likeness (QED) is 0.440. The Morgan fingerprint density at radius 1 is 1.40 bits per heavy atom. The van der Waals surface area contributed by atoms with Crippen LogP contribution in [0.3, 0.4) is 0 Å². The Morgan fingerprint density at radius 2 is 2.13 bits per heavy atom. The van der Waals surface area contributed by atoms with E-state index in [9.17, 15) is 4.79 Å². The van der Waals surface area contributed by atoms with Gasteiger partial charge >= 0.3 is 0 Å². The smallest absolute Gasteiger partial charge is 0.166 e. The number of nitrogens with zero attached hydrogens (tertiary/aromatic N) is 1. The first-order valence-electron chi connectivity index (χ1n) is 5.19. The van der Waals surface area contributed by atoms with Gasteiger partial charge < -0.3 is 0 Å². The lowest BCUT2D eigenvalue weighted by molar-refractivity contribution is -0.102. The highest BCUT2D eigenvalue weighted by atomic mass is 16.1. The Bertz CT molecular complexity index is 320. The average Bonchev–Trinajstić information content (AvgIpc) is 2.31. The lowest BCUT2D eigenvalue weighted by atomic mass is 10.2. The number of carbonyl (C=O) groups is 1. The molecule has 0 fully saturated rings. The zero-order chi connectivity index (χ0) is 10.9. The minimum absolute atomic E-state index is 0.570. The molecule has 1 aromatic rings. The van der Waals surface area contributed by atoms with Crippen LogP contribution in [0.5, 0.6) is 0 Å². The third kappa shape index (κ3) is 4.40. The number of nitrogens with one attached hydrogen (secondary N) is 1. The fourth-order valence-corrected chi connectivity index (χ4v) is 1.15. The van der Waals surface area contributed by atoms with Crippen LogP contribution >= 0.6 is 0 Å². The monoisotopic (exact) mass is 204 g/mol. The summed E-state index contributed by atoms with van der Waals surface area (Å²) >= 11 is 0. The van der Waals surface area contributed by atoms with Gasteiger partial charge in [0.2, 0.25) is 0 Å². The number of carbonyl (C=O) groups excluding carboxylic acids is 1. The van der Waals surface area contributed by atoms with Gasteiger partial charge in [0.25, 0.3) is 0 Å². The number of para-hydroxylation sites is 1. The molecule has 0 aliphatic rings. The number of benzene rings is 1. The van der Waals surface area contributed by atoms with Crippen LogP contribution in [-0.2, 0) is 4.79 Å². The van der Waals surface area contributed by atoms with Gasteiger partial charge in [0.1, 0.15) is 5.71 Å². The number of hydrazone groups is 1. The van der Waals surface area contributed by atoms with E-state index in [0.717, 1.165) is 31.2 Å². The molecule has 1 aromatic carbocycles. The second-order valence-corrected chi connectivity index (χ2v) is 3.30. The summed E-state index contributed by atoms with van der Waals surface area (Å²) in [6.45, 7) is 2.09. The van der Waals surface area contributed by atoms with Gasteiger partial charge in [-0.3, -0.25) is 10.2 Å². The second-order valence-electron chi connectivity index (χ2n) is 3.30.